The summed E-state index contributed by atoms with van der Waals surface area (Å²) >= 11 is 0. The van der Waals surface area contributed by atoms with Gasteiger partial charge in [-0.2, -0.15) is 0 Å². The second kappa shape index (κ2) is 8.71. The van der Waals surface area contributed by atoms with E-state index in [9.17, 15) is 9.18 Å². The average molecular weight is 385 g/mol. The molecule has 1 aromatic carbocycles. The highest BCUT2D eigenvalue weighted by Crippen LogP contribution is 2.21. The molecule has 3 heterocycles. The van der Waals surface area contributed by atoms with Crippen molar-refractivity contribution in [3.8, 4) is 0 Å². The Morgan fingerprint density at radius 2 is 2.00 bits per heavy atom. The smallest absolute Gasteiger partial charge is 0.317 e. The van der Waals surface area contributed by atoms with Crippen LogP contribution in [0.3, 0.4) is 0 Å². The number of carbonyl (C=O) groups excluding carboxylic acids is 1. The van der Waals surface area contributed by atoms with Crippen LogP contribution in [0, 0.1) is 11.7 Å². The molecular formula is C21H28FN5O. The summed E-state index contributed by atoms with van der Waals surface area (Å²) in [5.41, 5.74) is 1.13. The van der Waals surface area contributed by atoms with Crippen molar-refractivity contribution < 1.29 is 9.18 Å². The molecule has 0 spiro atoms. The van der Waals surface area contributed by atoms with Gasteiger partial charge < -0.3 is 14.8 Å². The minimum absolute atomic E-state index is 0.00258. The molecule has 1 saturated heterocycles. The number of benzene rings is 1. The van der Waals surface area contributed by atoms with Crippen LogP contribution in [-0.4, -0.2) is 45.3 Å². The van der Waals surface area contributed by atoms with E-state index in [4.69, 9.17) is 0 Å². The summed E-state index contributed by atoms with van der Waals surface area (Å²) in [4.78, 5) is 14.4. The Hall–Kier alpha value is -2.44. The van der Waals surface area contributed by atoms with Crippen molar-refractivity contribution >= 4 is 6.03 Å². The molecule has 150 valence electrons. The van der Waals surface area contributed by atoms with E-state index in [0.717, 1.165) is 56.1 Å². The number of hydrogen-bond acceptors (Lipinski definition) is 3. The lowest BCUT2D eigenvalue weighted by molar-refractivity contribution is 0.207. The summed E-state index contributed by atoms with van der Waals surface area (Å²) in [6.07, 6.45) is 7.19. The van der Waals surface area contributed by atoms with Gasteiger partial charge in [-0.3, -0.25) is 0 Å². The average Bonchev–Trinajstić information content (AvgIpc) is 3.24. The summed E-state index contributed by atoms with van der Waals surface area (Å²) in [5.74, 6) is 2.29. The van der Waals surface area contributed by atoms with E-state index in [1.807, 2.05) is 17.0 Å². The molecule has 1 aromatic heterocycles. The molecule has 1 fully saturated rings. The van der Waals surface area contributed by atoms with E-state index < -0.39 is 0 Å². The first-order valence-corrected chi connectivity index (χ1v) is 10.4. The van der Waals surface area contributed by atoms with Crippen LogP contribution in [0.4, 0.5) is 9.18 Å². The number of aromatic nitrogens is 3. The molecule has 0 saturated carbocycles. The van der Waals surface area contributed by atoms with Crippen LogP contribution in [0.5, 0.6) is 0 Å². The highest BCUT2D eigenvalue weighted by atomic mass is 19.1. The van der Waals surface area contributed by atoms with Gasteiger partial charge in [0.25, 0.3) is 0 Å². The highest BCUT2D eigenvalue weighted by Gasteiger charge is 2.26. The Morgan fingerprint density at radius 3 is 2.86 bits per heavy atom. The van der Waals surface area contributed by atoms with Crippen LogP contribution in [0.1, 0.15) is 42.9 Å². The van der Waals surface area contributed by atoms with Gasteiger partial charge in [0.05, 0.1) is 0 Å². The van der Waals surface area contributed by atoms with Gasteiger partial charge in [0, 0.05) is 39.0 Å². The summed E-state index contributed by atoms with van der Waals surface area (Å²) in [7, 11) is 0. The van der Waals surface area contributed by atoms with E-state index >= 15 is 0 Å². The van der Waals surface area contributed by atoms with Crippen molar-refractivity contribution in [2.45, 2.75) is 51.5 Å². The van der Waals surface area contributed by atoms with Gasteiger partial charge in [-0.1, -0.05) is 18.6 Å². The number of hydrogen-bond donors (Lipinski definition) is 1. The molecule has 6 nitrogen and oxygen atoms in total. The van der Waals surface area contributed by atoms with Crippen LogP contribution in [0.2, 0.25) is 0 Å². The van der Waals surface area contributed by atoms with E-state index in [2.05, 4.69) is 20.1 Å². The van der Waals surface area contributed by atoms with E-state index in [-0.39, 0.29) is 11.8 Å². The lowest BCUT2D eigenvalue weighted by Gasteiger charge is -2.17. The summed E-state index contributed by atoms with van der Waals surface area (Å²) in [6.45, 7) is 3.10. The van der Waals surface area contributed by atoms with E-state index in [1.165, 1.54) is 31.4 Å². The number of aryl methyl sites for hydroxylation is 1. The lowest BCUT2D eigenvalue weighted by Crippen LogP contribution is -2.39. The molecule has 28 heavy (non-hydrogen) atoms. The molecule has 2 amide bonds. The topological polar surface area (TPSA) is 63.1 Å². The molecule has 4 rings (SSSR count). The van der Waals surface area contributed by atoms with Crippen molar-refractivity contribution in [3.05, 3.63) is 47.3 Å². The van der Waals surface area contributed by atoms with Crippen LogP contribution in [0.15, 0.2) is 24.3 Å². The second-order valence-corrected chi connectivity index (χ2v) is 7.91. The van der Waals surface area contributed by atoms with Gasteiger partial charge in [0.2, 0.25) is 0 Å². The van der Waals surface area contributed by atoms with E-state index in [0.29, 0.717) is 18.9 Å². The number of halogens is 1. The largest absolute Gasteiger partial charge is 0.338 e. The minimum atomic E-state index is -0.208. The van der Waals surface area contributed by atoms with Crippen LogP contribution >= 0.6 is 0 Å². The molecule has 0 bridgehead atoms. The molecule has 1 atom stereocenters. The third-order valence-electron chi connectivity index (χ3n) is 5.82. The predicted octanol–water partition coefficient (Wildman–Crippen LogP) is 2.96. The fourth-order valence-corrected chi connectivity index (χ4v) is 4.26. The fraction of sp³-hybridized carbons (Fsp3) is 0.571. The third-order valence-corrected chi connectivity index (χ3v) is 5.82. The zero-order chi connectivity index (χ0) is 19.3. The first-order valence-electron chi connectivity index (χ1n) is 10.4. The number of nitrogens with one attached hydrogen (secondary N) is 1. The molecule has 2 aliphatic heterocycles. The monoisotopic (exact) mass is 385 g/mol. The van der Waals surface area contributed by atoms with Gasteiger partial charge in [-0.05, 0) is 49.3 Å². The van der Waals surface area contributed by atoms with Crippen LogP contribution in [0.25, 0.3) is 0 Å². The Balaban J connectivity index is 1.22. The zero-order valence-electron chi connectivity index (χ0n) is 16.2. The summed E-state index contributed by atoms with van der Waals surface area (Å²) < 4.78 is 15.3. The Labute approximate surface area is 165 Å². The number of nitrogens with zero attached hydrogens (tertiary/aromatic N) is 4. The molecule has 0 radical (unpaired) electrons. The maximum atomic E-state index is 13.0. The molecule has 2 aromatic rings. The van der Waals surface area contributed by atoms with Crippen LogP contribution < -0.4 is 5.32 Å². The second-order valence-electron chi connectivity index (χ2n) is 7.91. The SMILES string of the molecule is O=C(NCCc1nnc2n1CCCCC2)N1CCC(Cc2ccc(F)cc2)C1. The highest BCUT2D eigenvalue weighted by molar-refractivity contribution is 5.74. The van der Waals surface area contributed by atoms with Crippen molar-refractivity contribution in [1.82, 2.24) is 25.0 Å². The summed E-state index contributed by atoms with van der Waals surface area (Å²) in [6, 6.07) is 6.66. The van der Waals surface area contributed by atoms with Crippen molar-refractivity contribution in [1.29, 1.82) is 0 Å². The number of rotatable bonds is 5. The maximum Gasteiger partial charge on any atom is 0.317 e. The lowest BCUT2D eigenvalue weighted by atomic mass is 9.99. The predicted molar refractivity (Wildman–Crippen MR) is 104 cm³/mol. The van der Waals surface area contributed by atoms with Gasteiger partial charge in [-0.15, -0.1) is 10.2 Å². The number of amides is 2. The molecular weight excluding hydrogens is 357 g/mol. The van der Waals surface area contributed by atoms with Gasteiger partial charge in [0.15, 0.2) is 0 Å². The normalized spacial score (nSPS) is 19.3. The van der Waals surface area contributed by atoms with Crippen molar-refractivity contribution in [3.63, 3.8) is 0 Å². The molecule has 7 heteroatoms. The number of carbonyl (C=O) groups is 1. The number of fused-ring (bicyclic) bond motifs is 1. The quantitative estimate of drug-likeness (QED) is 0.861. The molecule has 1 N–H and O–H groups in total. The molecule has 1 unspecified atom stereocenters. The van der Waals surface area contributed by atoms with Crippen LogP contribution in [-0.2, 0) is 25.8 Å². The molecule has 0 aliphatic carbocycles. The number of likely N-dealkylation sites (tertiary alicyclic amines) is 1. The zero-order valence-corrected chi connectivity index (χ0v) is 16.2. The first kappa shape index (κ1) is 18.9. The molecule has 2 aliphatic rings. The first-order chi connectivity index (χ1) is 13.7. The summed E-state index contributed by atoms with van der Waals surface area (Å²) in [5, 5.41) is 11.7. The standard InChI is InChI=1S/C21H28FN5O/c22-18-7-5-16(6-8-18)14-17-10-13-26(15-17)21(28)23-11-9-20-25-24-19-4-2-1-3-12-27(19)20/h5-8,17H,1-4,9-15H2,(H,23,28). The Morgan fingerprint density at radius 1 is 1.14 bits per heavy atom. The third kappa shape index (κ3) is 4.51. The van der Waals surface area contributed by atoms with Crippen molar-refractivity contribution in [2.75, 3.05) is 19.6 Å². The minimum Gasteiger partial charge on any atom is -0.338 e. The van der Waals surface area contributed by atoms with Crippen molar-refractivity contribution in [2.24, 2.45) is 5.92 Å². The Bertz CT molecular complexity index is 804. The number of urea groups is 1. The fourth-order valence-electron chi connectivity index (χ4n) is 4.26. The van der Waals surface area contributed by atoms with E-state index in [1.54, 1.807) is 0 Å². The van der Waals surface area contributed by atoms with Gasteiger partial charge >= 0.3 is 6.03 Å². The van der Waals surface area contributed by atoms with Gasteiger partial charge in [-0.25, -0.2) is 9.18 Å². The maximum absolute atomic E-state index is 13.0. The Kier molecular flexibility index (Phi) is 5.88. The van der Waals surface area contributed by atoms with Gasteiger partial charge in [0.1, 0.15) is 17.5 Å².